The number of hydrogen-bond acceptors (Lipinski definition) is 6. The molecule has 0 fully saturated rings. The third-order valence-corrected chi connectivity index (χ3v) is 3.70. The van der Waals surface area contributed by atoms with Crippen LogP contribution in [0.15, 0.2) is 32.8 Å². The number of nitrogens with zero attached hydrogens (tertiary/aromatic N) is 2. The Hall–Kier alpha value is -2.04. The number of aromatic nitrogens is 2. The molecule has 6 nitrogen and oxygen atoms in total. The Kier molecular flexibility index (Phi) is 3.97. The predicted molar refractivity (Wildman–Crippen MR) is 76.3 cm³/mol. The van der Waals surface area contributed by atoms with Crippen LogP contribution in [0.3, 0.4) is 0 Å². The lowest BCUT2D eigenvalue weighted by molar-refractivity contribution is 0.578. The lowest BCUT2D eigenvalue weighted by atomic mass is 10.1. The van der Waals surface area contributed by atoms with Crippen molar-refractivity contribution in [2.24, 2.45) is 5.73 Å². The molecule has 0 spiro atoms. The quantitative estimate of drug-likeness (QED) is 0.655. The number of thioether (sulfide) groups is 1. The van der Waals surface area contributed by atoms with Crippen LogP contribution in [-0.2, 0) is 0 Å². The molecule has 20 heavy (non-hydrogen) atoms. The second-order valence-electron chi connectivity index (χ2n) is 4.96. The van der Waals surface area contributed by atoms with Gasteiger partial charge in [-0.25, -0.2) is 4.98 Å². The molecule has 0 aliphatic heterocycles. The molecule has 0 aliphatic carbocycles. The van der Waals surface area contributed by atoms with E-state index in [9.17, 15) is 4.79 Å². The van der Waals surface area contributed by atoms with Gasteiger partial charge in [-0.15, -0.1) is 0 Å². The Bertz CT molecular complexity index is 693. The Balaban J connectivity index is 2.43. The number of nitrogens with two attached hydrogens (primary N) is 1. The number of hydrogen-bond donors (Lipinski definition) is 2. The van der Waals surface area contributed by atoms with Gasteiger partial charge in [-0.1, -0.05) is 11.8 Å². The monoisotopic (exact) mass is 290 g/mol. The third-order valence-electron chi connectivity index (χ3n) is 2.34. The van der Waals surface area contributed by atoms with Crippen LogP contribution in [0.2, 0.25) is 0 Å². The van der Waals surface area contributed by atoms with Crippen molar-refractivity contribution in [1.29, 1.82) is 5.26 Å². The molecule has 2 aromatic rings. The molecule has 104 valence electrons. The van der Waals surface area contributed by atoms with E-state index in [2.05, 4.69) is 9.97 Å². The van der Waals surface area contributed by atoms with Crippen LogP contribution < -0.4 is 11.3 Å². The molecule has 7 heteroatoms. The molecule has 0 atom stereocenters. The molecule has 2 rings (SSSR count). The molecule has 0 amide bonds. The van der Waals surface area contributed by atoms with Crippen LogP contribution in [0.1, 0.15) is 19.4 Å². The van der Waals surface area contributed by atoms with Crippen molar-refractivity contribution < 1.29 is 4.42 Å². The number of nitrogens with one attached hydrogen (secondary N) is 1. The fourth-order valence-electron chi connectivity index (χ4n) is 1.47. The van der Waals surface area contributed by atoms with E-state index in [4.69, 9.17) is 15.4 Å². The summed E-state index contributed by atoms with van der Waals surface area (Å²) < 4.78 is 5.22. The van der Waals surface area contributed by atoms with Gasteiger partial charge in [0.05, 0.1) is 6.26 Å². The molecule has 3 N–H and O–H groups in total. The van der Waals surface area contributed by atoms with Gasteiger partial charge in [-0.05, 0) is 26.0 Å². The molecule has 2 heterocycles. The fourth-order valence-corrected chi connectivity index (χ4v) is 2.30. The summed E-state index contributed by atoms with van der Waals surface area (Å²) in [5.74, 6) is 0.973. The second-order valence-corrected chi connectivity index (χ2v) is 5.93. The van der Waals surface area contributed by atoms with Crippen molar-refractivity contribution >= 4 is 11.8 Å². The Morgan fingerprint density at radius 2 is 2.35 bits per heavy atom. The van der Waals surface area contributed by atoms with E-state index in [1.165, 1.54) is 18.0 Å². The van der Waals surface area contributed by atoms with Gasteiger partial charge in [0.15, 0.2) is 10.9 Å². The van der Waals surface area contributed by atoms with Gasteiger partial charge in [-0.2, -0.15) is 5.26 Å². The smallest absolute Gasteiger partial charge is 0.270 e. The lowest BCUT2D eigenvalue weighted by Gasteiger charge is -2.16. The van der Waals surface area contributed by atoms with Crippen molar-refractivity contribution in [2.75, 3.05) is 5.75 Å². The van der Waals surface area contributed by atoms with Crippen molar-refractivity contribution in [3.63, 3.8) is 0 Å². The fraction of sp³-hybridized carbons (Fsp3) is 0.308. The van der Waals surface area contributed by atoms with Crippen LogP contribution in [0.25, 0.3) is 11.5 Å². The summed E-state index contributed by atoms with van der Waals surface area (Å²) in [6.45, 7) is 3.77. The highest BCUT2D eigenvalue weighted by atomic mass is 32.2. The minimum Gasteiger partial charge on any atom is -0.463 e. The molecule has 0 saturated carbocycles. The molecular weight excluding hydrogens is 276 g/mol. The zero-order chi connectivity index (χ0) is 14.8. The first-order valence-electron chi connectivity index (χ1n) is 5.91. The number of aromatic amines is 1. The molecule has 0 bridgehead atoms. The van der Waals surface area contributed by atoms with Gasteiger partial charge >= 0.3 is 0 Å². The van der Waals surface area contributed by atoms with Crippen molar-refractivity contribution in [3.05, 3.63) is 34.3 Å². The molecule has 0 saturated heterocycles. The summed E-state index contributed by atoms with van der Waals surface area (Å²) in [6.07, 6.45) is 1.47. The van der Waals surface area contributed by atoms with Crippen LogP contribution >= 0.6 is 11.8 Å². The Morgan fingerprint density at radius 3 is 2.90 bits per heavy atom. The maximum atomic E-state index is 11.9. The van der Waals surface area contributed by atoms with E-state index >= 15 is 0 Å². The Labute approximate surface area is 120 Å². The van der Waals surface area contributed by atoms with Gasteiger partial charge in [0.2, 0.25) is 0 Å². The molecule has 2 aromatic heterocycles. The van der Waals surface area contributed by atoms with E-state index in [0.29, 0.717) is 16.7 Å². The van der Waals surface area contributed by atoms with E-state index < -0.39 is 5.56 Å². The van der Waals surface area contributed by atoms with Crippen molar-refractivity contribution in [2.45, 2.75) is 24.5 Å². The first-order chi connectivity index (χ1) is 9.40. The van der Waals surface area contributed by atoms with Gasteiger partial charge in [-0.3, -0.25) is 4.79 Å². The van der Waals surface area contributed by atoms with Gasteiger partial charge in [0.1, 0.15) is 17.3 Å². The van der Waals surface area contributed by atoms with Gasteiger partial charge in [0, 0.05) is 11.3 Å². The summed E-state index contributed by atoms with van der Waals surface area (Å²) >= 11 is 1.33. The van der Waals surface area contributed by atoms with E-state index in [1.54, 1.807) is 12.1 Å². The Morgan fingerprint density at radius 1 is 1.60 bits per heavy atom. The number of rotatable bonds is 4. The van der Waals surface area contributed by atoms with Gasteiger partial charge in [0.25, 0.3) is 5.56 Å². The largest absolute Gasteiger partial charge is 0.463 e. The third kappa shape index (κ3) is 3.29. The number of furan rings is 1. The lowest BCUT2D eigenvalue weighted by Crippen LogP contribution is -2.34. The summed E-state index contributed by atoms with van der Waals surface area (Å²) in [5.41, 5.74) is 5.22. The minimum absolute atomic E-state index is 0.0590. The highest BCUT2D eigenvalue weighted by Gasteiger charge is 2.17. The second kappa shape index (κ2) is 5.53. The highest BCUT2D eigenvalue weighted by molar-refractivity contribution is 7.99. The molecule has 0 unspecified atom stereocenters. The zero-order valence-electron chi connectivity index (χ0n) is 11.1. The first-order valence-corrected chi connectivity index (χ1v) is 6.89. The van der Waals surface area contributed by atoms with Crippen LogP contribution in [0.5, 0.6) is 0 Å². The average Bonchev–Trinajstić information content (AvgIpc) is 2.88. The first kappa shape index (κ1) is 14.4. The van der Waals surface area contributed by atoms with Crippen molar-refractivity contribution in [3.8, 4) is 17.5 Å². The average molecular weight is 290 g/mol. The molecule has 0 aromatic carbocycles. The topological polar surface area (TPSA) is 109 Å². The maximum absolute atomic E-state index is 11.9. The van der Waals surface area contributed by atoms with Crippen LogP contribution in [-0.4, -0.2) is 21.3 Å². The number of H-pyrrole nitrogens is 1. The zero-order valence-corrected chi connectivity index (χ0v) is 12.0. The van der Waals surface area contributed by atoms with E-state index in [-0.39, 0.29) is 16.8 Å². The van der Waals surface area contributed by atoms with E-state index in [0.717, 1.165) is 0 Å². The van der Waals surface area contributed by atoms with Gasteiger partial charge < -0.3 is 15.1 Å². The van der Waals surface area contributed by atoms with Crippen molar-refractivity contribution in [1.82, 2.24) is 9.97 Å². The SMILES string of the molecule is CC(C)(N)CSc1nc(-c2ccco2)c(C#N)c(=O)[nH]1. The summed E-state index contributed by atoms with van der Waals surface area (Å²) in [6, 6.07) is 5.18. The number of nitriles is 1. The van der Waals surface area contributed by atoms with Crippen LogP contribution in [0, 0.1) is 11.3 Å². The maximum Gasteiger partial charge on any atom is 0.270 e. The summed E-state index contributed by atoms with van der Waals surface area (Å²) in [5, 5.41) is 9.49. The summed E-state index contributed by atoms with van der Waals surface area (Å²) in [4.78, 5) is 18.8. The molecule has 0 radical (unpaired) electrons. The standard InChI is InChI=1S/C13H14N4O2S/c1-13(2,15)7-20-12-16-10(9-4-3-5-19-9)8(6-14)11(18)17-12/h3-5H,7,15H2,1-2H3,(H,16,17,18). The van der Waals surface area contributed by atoms with Crippen LogP contribution in [0.4, 0.5) is 0 Å². The minimum atomic E-state index is -0.480. The normalized spacial score (nSPS) is 11.3. The molecular formula is C13H14N4O2S. The van der Waals surface area contributed by atoms with E-state index in [1.807, 2.05) is 19.9 Å². The predicted octanol–water partition coefficient (Wildman–Crippen LogP) is 1.73. The highest BCUT2D eigenvalue weighted by Crippen LogP contribution is 2.23. The summed E-state index contributed by atoms with van der Waals surface area (Å²) in [7, 11) is 0. The molecule has 0 aliphatic rings.